The number of sulfonamides is 1. The molecule has 3 saturated heterocycles. The lowest BCUT2D eigenvalue weighted by Gasteiger charge is -2.33. The number of hydrogen-bond acceptors (Lipinski definition) is 5. The normalized spacial score (nSPS) is 26.6. The van der Waals surface area contributed by atoms with Crippen LogP contribution in [0.15, 0.2) is 23.1 Å². The van der Waals surface area contributed by atoms with Crippen molar-refractivity contribution in [3.05, 3.63) is 18.2 Å². The van der Waals surface area contributed by atoms with Crippen LogP contribution in [0.4, 0.5) is 11.4 Å². The van der Waals surface area contributed by atoms with Crippen LogP contribution in [0.1, 0.15) is 12.8 Å². The molecule has 0 aromatic heterocycles. The second-order valence-corrected chi connectivity index (χ2v) is 7.06. The average molecular weight is 296 g/mol. The molecule has 0 atom stereocenters. The van der Waals surface area contributed by atoms with Gasteiger partial charge < -0.3 is 15.5 Å². The molecule has 6 nitrogen and oxygen atoms in total. The van der Waals surface area contributed by atoms with Crippen LogP contribution in [0.25, 0.3) is 0 Å². The number of piperidine rings is 1. The van der Waals surface area contributed by atoms with Gasteiger partial charge in [0.1, 0.15) is 4.90 Å². The Labute approximate surface area is 119 Å². The first-order valence-electron chi connectivity index (χ1n) is 6.86. The minimum atomic E-state index is -3.78. The lowest BCUT2D eigenvalue weighted by atomic mass is 10.0. The Kier molecular flexibility index (Phi) is 3.35. The third-order valence-electron chi connectivity index (χ3n) is 4.29. The molecule has 2 bridgehead atoms. The van der Waals surface area contributed by atoms with Crippen molar-refractivity contribution in [2.24, 2.45) is 5.14 Å². The van der Waals surface area contributed by atoms with Crippen molar-refractivity contribution in [1.82, 2.24) is 4.90 Å². The maximum absolute atomic E-state index is 11.6. The predicted octanol–water partition coefficient (Wildman–Crippen LogP) is 0.201. The van der Waals surface area contributed by atoms with Gasteiger partial charge in [-0.05, 0) is 31.0 Å². The molecule has 0 amide bonds. The second-order valence-electron chi connectivity index (χ2n) is 5.53. The zero-order valence-electron chi connectivity index (χ0n) is 11.3. The van der Waals surface area contributed by atoms with E-state index in [-0.39, 0.29) is 10.6 Å². The van der Waals surface area contributed by atoms with E-state index < -0.39 is 10.0 Å². The van der Waals surface area contributed by atoms with Gasteiger partial charge in [-0.2, -0.15) is 0 Å². The van der Waals surface area contributed by atoms with E-state index >= 15 is 0 Å². The van der Waals surface area contributed by atoms with Crippen molar-refractivity contribution < 1.29 is 8.42 Å². The summed E-state index contributed by atoms with van der Waals surface area (Å²) in [5.41, 5.74) is 6.83. The van der Waals surface area contributed by atoms with E-state index in [1.807, 2.05) is 6.07 Å². The highest BCUT2D eigenvalue weighted by molar-refractivity contribution is 7.89. The minimum Gasteiger partial charge on any atom is -0.398 e. The molecule has 110 valence electrons. The van der Waals surface area contributed by atoms with Crippen LogP contribution in [0.5, 0.6) is 0 Å². The fourth-order valence-electron chi connectivity index (χ4n) is 3.17. The molecular formula is C13H20N4O2S. The molecule has 3 fully saturated rings. The Balaban J connectivity index is 1.98. The number of primary sulfonamides is 1. The second kappa shape index (κ2) is 4.91. The van der Waals surface area contributed by atoms with Gasteiger partial charge in [0, 0.05) is 37.9 Å². The summed E-state index contributed by atoms with van der Waals surface area (Å²) in [5.74, 6) is 0. The van der Waals surface area contributed by atoms with Gasteiger partial charge in [-0.1, -0.05) is 0 Å². The van der Waals surface area contributed by atoms with E-state index in [2.05, 4.69) is 9.80 Å². The van der Waals surface area contributed by atoms with Crippen molar-refractivity contribution in [2.45, 2.75) is 23.8 Å². The van der Waals surface area contributed by atoms with E-state index in [9.17, 15) is 8.42 Å². The molecule has 0 radical (unpaired) electrons. The lowest BCUT2D eigenvalue weighted by Crippen LogP contribution is -2.38. The molecule has 3 aliphatic rings. The molecule has 4 rings (SSSR count). The fraction of sp³-hybridized carbons (Fsp3) is 0.538. The number of nitrogen functional groups attached to an aromatic ring is 1. The predicted molar refractivity (Wildman–Crippen MR) is 79.0 cm³/mol. The summed E-state index contributed by atoms with van der Waals surface area (Å²) in [6.45, 7) is 4.18. The van der Waals surface area contributed by atoms with Crippen molar-refractivity contribution in [3.63, 3.8) is 0 Å². The number of anilines is 2. The molecule has 20 heavy (non-hydrogen) atoms. The first-order valence-corrected chi connectivity index (χ1v) is 8.41. The van der Waals surface area contributed by atoms with Gasteiger partial charge in [0.25, 0.3) is 0 Å². The summed E-state index contributed by atoms with van der Waals surface area (Å²) in [5, 5.41) is 5.23. The first-order chi connectivity index (χ1) is 9.45. The third-order valence-corrected chi connectivity index (χ3v) is 5.26. The summed E-state index contributed by atoms with van der Waals surface area (Å²) in [7, 11) is -3.78. The number of hydrogen-bond donors (Lipinski definition) is 2. The zero-order chi connectivity index (χ0) is 14.3. The largest absolute Gasteiger partial charge is 0.398 e. The van der Waals surface area contributed by atoms with Gasteiger partial charge in [0.2, 0.25) is 10.0 Å². The van der Waals surface area contributed by atoms with Crippen LogP contribution >= 0.6 is 0 Å². The third kappa shape index (κ3) is 2.48. The Morgan fingerprint density at radius 2 is 1.80 bits per heavy atom. The fourth-order valence-corrected chi connectivity index (χ4v) is 3.86. The molecule has 7 heteroatoms. The summed E-state index contributed by atoms with van der Waals surface area (Å²) in [6.07, 6.45) is 2.24. The molecule has 0 aliphatic carbocycles. The highest BCUT2D eigenvalue weighted by Crippen LogP contribution is 2.30. The average Bonchev–Trinajstić information content (AvgIpc) is 2.72. The number of fused-ring (bicyclic) bond motifs is 4. The van der Waals surface area contributed by atoms with Gasteiger partial charge in [0.05, 0.1) is 5.69 Å². The molecule has 0 unspecified atom stereocenters. The van der Waals surface area contributed by atoms with Gasteiger partial charge >= 0.3 is 0 Å². The Morgan fingerprint density at radius 1 is 1.10 bits per heavy atom. The maximum Gasteiger partial charge on any atom is 0.240 e. The number of rotatable bonds is 2. The van der Waals surface area contributed by atoms with Crippen LogP contribution in [0.2, 0.25) is 0 Å². The summed E-state index contributed by atoms with van der Waals surface area (Å²) in [6, 6.07) is 5.61. The molecule has 4 N–H and O–H groups in total. The van der Waals surface area contributed by atoms with E-state index in [0.717, 1.165) is 44.7 Å². The summed E-state index contributed by atoms with van der Waals surface area (Å²) < 4.78 is 23.2. The molecule has 3 aliphatic heterocycles. The van der Waals surface area contributed by atoms with Crippen molar-refractivity contribution >= 4 is 21.4 Å². The van der Waals surface area contributed by atoms with Crippen molar-refractivity contribution in [1.29, 1.82) is 0 Å². The number of nitrogens with two attached hydrogens (primary N) is 2. The highest BCUT2D eigenvalue weighted by atomic mass is 32.2. The van der Waals surface area contributed by atoms with Gasteiger partial charge in [0.15, 0.2) is 0 Å². The van der Waals surface area contributed by atoms with Crippen LogP contribution < -0.4 is 15.8 Å². The van der Waals surface area contributed by atoms with E-state index in [4.69, 9.17) is 10.9 Å². The molecule has 0 saturated carbocycles. The molecular weight excluding hydrogens is 276 g/mol. The van der Waals surface area contributed by atoms with E-state index in [1.54, 1.807) is 12.1 Å². The highest BCUT2D eigenvalue weighted by Gasteiger charge is 2.29. The minimum absolute atomic E-state index is 0.0223. The van der Waals surface area contributed by atoms with Crippen LogP contribution in [0, 0.1) is 0 Å². The monoisotopic (exact) mass is 296 g/mol. The Morgan fingerprint density at radius 3 is 2.45 bits per heavy atom. The van der Waals surface area contributed by atoms with Crippen LogP contribution in [-0.2, 0) is 10.0 Å². The zero-order valence-corrected chi connectivity index (χ0v) is 12.1. The smallest absolute Gasteiger partial charge is 0.240 e. The van der Waals surface area contributed by atoms with E-state index in [0.29, 0.717) is 6.04 Å². The first kappa shape index (κ1) is 13.7. The van der Waals surface area contributed by atoms with Gasteiger partial charge in [-0.3, -0.25) is 0 Å². The quantitative estimate of drug-likeness (QED) is 0.761. The Bertz CT molecular complexity index is 609. The Hall–Kier alpha value is -1.31. The SMILES string of the molecule is Nc1ccc(N2CCN3CCC2CC3)cc1S(N)(=O)=O. The summed E-state index contributed by atoms with van der Waals surface area (Å²) in [4.78, 5) is 4.77. The molecule has 1 aromatic carbocycles. The molecule has 0 spiro atoms. The van der Waals surface area contributed by atoms with Gasteiger partial charge in [-0.25, -0.2) is 13.6 Å². The van der Waals surface area contributed by atoms with Crippen LogP contribution in [-0.4, -0.2) is 45.5 Å². The van der Waals surface area contributed by atoms with Gasteiger partial charge in [-0.15, -0.1) is 0 Å². The number of benzene rings is 1. The number of nitrogens with zero attached hydrogens (tertiary/aromatic N) is 2. The molecule has 3 heterocycles. The molecule has 1 aromatic rings. The van der Waals surface area contributed by atoms with Crippen molar-refractivity contribution in [2.75, 3.05) is 36.8 Å². The van der Waals surface area contributed by atoms with E-state index in [1.165, 1.54) is 0 Å². The maximum atomic E-state index is 11.6. The van der Waals surface area contributed by atoms with Crippen molar-refractivity contribution in [3.8, 4) is 0 Å². The summed E-state index contributed by atoms with van der Waals surface area (Å²) >= 11 is 0. The standard InChI is InChI=1S/C13H20N4O2S/c14-12-2-1-11(9-13(12)20(15,18)19)17-8-7-16-5-3-10(17)4-6-16/h1-2,9-10H,3-8,14H2,(H2,15,18,19). The topological polar surface area (TPSA) is 92.7 Å². The lowest BCUT2D eigenvalue weighted by molar-refractivity contribution is 0.250. The van der Waals surface area contributed by atoms with Crippen LogP contribution in [0.3, 0.4) is 0 Å².